The van der Waals surface area contributed by atoms with Crippen LogP contribution in [0.5, 0.6) is 0 Å². The lowest BCUT2D eigenvalue weighted by molar-refractivity contribution is 0.0729. The van der Waals surface area contributed by atoms with Crippen LogP contribution in [0, 0.1) is 0 Å². The maximum atomic E-state index is 12.2. The van der Waals surface area contributed by atoms with Gasteiger partial charge >= 0.3 is 0 Å². The van der Waals surface area contributed by atoms with Gasteiger partial charge in [-0.15, -0.1) is 11.3 Å². The summed E-state index contributed by atoms with van der Waals surface area (Å²) in [5.74, 6) is 0.213. The predicted molar refractivity (Wildman–Crippen MR) is 71.2 cm³/mol. The van der Waals surface area contributed by atoms with Crippen molar-refractivity contribution in [2.45, 2.75) is 32.6 Å². The van der Waals surface area contributed by atoms with E-state index < -0.39 is 0 Å². The van der Waals surface area contributed by atoms with Gasteiger partial charge in [0.1, 0.15) is 0 Å². The smallest absolute Gasteiger partial charge is 0.263 e. The highest BCUT2D eigenvalue weighted by Crippen LogP contribution is 2.29. The van der Waals surface area contributed by atoms with Crippen LogP contribution in [0.2, 0.25) is 0 Å². The van der Waals surface area contributed by atoms with Gasteiger partial charge in [-0.3, -0.25) is 4.79 Å². The third-order valence-electron chi connectivity index (χ3n) is 2.93. The molecule has 0 unspecified atom stereocenters. The molecule has 0 radical (unpaired) electrons. The summed E-state index contributed by atoms with van der Waals surface area (Å²) >= 11 is 5.13. The first-order chi connectivity index (χ1) is 7.72. The van der Waals surface area contributed by atoms with Gasteiger partial charge in [-0.05, 0) is 47.7 Å². The number of nitrogens with zero attached hydrogens (tertiary/aromatic N) is 1. The second kappa shape index (κ2) is 5.32. The van der Waals surface area contributed by atoms with Crippen LogP contribution >= 0.6 is 27.3 Å². The molecule has 1 saturated heterocycles. The van der Waals surface area contributed by atoms with Crippen molar-refractivity contribution in [3.8, 4) is 0 Å². The molecule has 0 aromatic carbocycles. The molecule has 1 aliphatic rings. The van der Waals surface area contributed by atoms with E-state index in [1.807, 2.05) is 11.0 Å². The Balaban J connectivity index is 2.13. The average molecular weight is 302 g/mol. The molecule has 1 aromatic rings. The fourth-order valence-electron chi connectivity index (χ4n) is 2.01. The monoisotopic (exact) mass is 301 g/mol. The number of hydrogen-bond donors (Lipinski definition) is 0. The summed E-state index contributed by atoms with van der Waals surface area (Å²) in [7, 11) is 0. The molecule has 1 amide bonds. The van der Waals surface area contributed by atoms with E-state index in [1.165, 1.54) is 11.3 Å². The molecule has 0 saturated carbocycles. The topological polar surface area (TPSA) is 20.3 Å². The summed E-state index contributed by atoms with van der Waals surface area (Å²) in [6.45, 7) is 3.97. The first-order valence-corrected chi connectivity index (χ1v) is 7.40. The number of carbonyl (C=O) groups is 1. The summed E-state index contributed by atoms with van der Waals surface area (Å²) in [5, 5.41) is 0. The van der Waals surface area contributed by atoms with Crippen LogP contribution in [0.25, 0.3) is 0 Å². The number of piperidine rings is 1. The summed E-state index contributed by atoms with van der Waals surface area (Å²) in [4.78, 5) is 16.3. The number of amides is 1. The standard InChI is InChI=1S/C12H16BrNOS/c1-2-10-9(13)8-11(16-10)12(15)14-6-4-3-5-7-14/h8H,2-7H2,1H3. The molecule has 1 aliphatic heterocycles. The van der Waals surface area contributed by atoms with Gasteiger partial charge in [0, 0.05) is 22.4 Å². The van der Waals surface area contributed by atoms with E-state index in [9.17, 15) is 4.79 Å². The molecule has 2 rings (SSSR count). The van der Waals surface area contributed by atoms with Crippen molar-refractivity contribution in [3.05, 3.63) is 20.3 Å². The van der Waals surface area contributed by atoms with Crippen molar-refractivity contribution in [1.82, 2.24) is 4.90 Å². The predicted octanol–water partition coefficient (Wildman–Crippen LogP) is 3.70. The zero-order valence-electron chi connectivity index (χ0n) is 9.46. The first-order valence-electron chi connectivity index (χ1n) is 5.80. The lowest BCUT2D eigenvalue weighted by Gasteiger charge is -2.26. The van der Waals surface area contributed by atoms with Gasteiger partial charge in [0.05, 0.1) is 4.88 Å². The van der Waals surface area contributed by atoms with Crippen LogP contribution < -0.4 is 0 Å². The zero-order valence-corrected chi connectivity index (χ0v) is 11.9. The number of halogens is 1. The van der Waals surface area contributed by atoms with Gasteiger partial charge in [0.2, 0.25) is 0 Å². The van der Waals surface area contributed by atoms with Gasteiger partial charge in [0.25, 0.3) is 5.91 Å². The third kappa shape index (κ3) is 2.48. The summed E-state index contributed by atoms with van der Waals surface area (Å²) in [5.41, 5.74) is 0. The van der Waals surface area contributed by atoms with Crippen molar-refractivity contribution in [3.63, 3.8) is 0 Å². The maximum Gasteiger partial charge on any atom is 0.263 e. The minimum Gasteiger partial charge on any atom is -0.338 e. The van der Waals surface area contributed by atoms with Crippen LogP contribution in [0.15, 0.2) is 10.5 Å². The van der Waals surface area contributed by atoms with Crippen LogP contribution in [-0.2, 0) is 6.42 Å². The number of rotatable bonds is 2. The third-order valence-corrected chi connectivity index (χ3v) is 5.17. The molecular formula is C12H16BrNOS. The van der Waals surface area contributed by atoms with Crippen LogP contribution in [0.1, 0.15) is 40.7 Å². The van der Waals surface area contributed by atoms with Crippen molar-refractivity contribution >= 4 is 33.2 Å². The number of aryl methyl sites for hydroxylation is 1. The van der Waals surface area contributed by atoms with Crippen molar-refractivity contribution < 1.29 is 4.79 Å². The van der Waals surface area contributed by atoms with E-state index >= 15 is 0 Å². The lowest BCUT2D eigenvalue weighted by atomic mass is 10.1. The van der Waals surface area contributed by atoms with E-state index in [1.54, 1.807) is 11.3 Å². The molecule has 0 atom stereocenters. The highest BCUT2D eigenvalue weighted by atomic mass is 79.9. The number of likely N-dealkylation sites (tertiary alicyclic amines) is 1. The normalized spacial score (nSPS) is 16.5. The first kappa shape index (κ1) is 12.1. The SMILES string of the molecule is CCc1sc(C(=O)N2CCCCC2)cc1Br. The molecule has 0 bridgehead atoms. The molecule has 0 aliphatic carbocycles. The van der Waals surface area contributed by atoms with Gasteiger partial charge in [-0.25, -0.2) is 0 Å². The minimum atomic E-state index is 0.213. The highest BCUT2D eigenvalue weighted by molar-refractivity contribution is 9.10. The van der Waals surface area contributed by atoms with E-state index in [0.29, 0.717) is 0 Å². The lowest BCUT2D eigenvalue weighted by Crippen LogP contribution is -2.35. The largest absolute Gasteiger partial charge is 0.338 e. The second-order valence-corrected chi connectivity index (χ2v) is 6.08. The Morgan fingerprint density at radius 2 is 2.12 bits per heavy atom. The van der Waals surface area contributed by atoms with Gasteiger partial charge in [-0.2, -0.15) is 0 Å². The molecule has 2 heterocycles. The number of carbonyl (C=O) groups excluding carboxylic acids is 1. The summed E-state index contributed by atoms with van der Waals surface area (Å²) < 4.78 is 1.08. The van der Waals surface area contributed by atoms with Crippen LogP contribution in [0.4, 0.5) is 0 Å². The Hall–Kier alpha value is -0.350. The van der Waals surface area contributed by atoms with E-state index in [2.05, 4.69) is 22.9 Å². The maximum absolute atomic E-state index is 12.2. The van der Waals surface area contributed by atoms with Crippen molar-refractivity contribution in [2.75, 3.05) is 13.1 Å². The molecule has 1 fully saturated rings. The van der Waals surface area contributed by atoms with Gasteiger partial charge < -0.3 is 4.90 Å². The van der Waals surface area contributed by atoms with Crippen LogP contribution in [0.3, 0.4) is 0 Å². The number of thiophene rings is 1. The van der Waals surface area contributed by atoms with Gasteiger partial charge in [-0.1, -0.05) is 6.92 Å². The Kier molecular flexibility index (Phi) is 4.03. The van der Waals surface area contributed by atoms with E-state index in [0.717, 1.165) is 41.7 Å². The molecule has 16 heavy (non-hydrogen) atoms. The van der Waals surface area contributed by atoms with E-state index in [-0.39, 0.29) is 5.91 Å². The van der Waals surface area contributed by atoms with Crippen molar-refractivity contribution in [1.29, 1.82) is 0 Å². The van der Waals surface area contributed by atoms with Crippen molar-refractivity contribution in [2.24, 2.45) is 0 Å². The summed E-state index contributed by atoms with van der Waals surface area (Å²) in [6.07, 6.45) is 4.55. The fraction of sp³-hybridized carbons (Fsp3) is 0.583. The van der Waals surface area contributed by atoms with Crippen LogP contribution in [-0.4, -0.2) is 23.9 Å². The molecule has 88 valence electrons. The molecule has 0 N–H and O–H groups in total. The fourth-order valence-corrected chi connectivity index (χ4v) is 3.87. The Labute approximate surface area is 109 Å². The molecular weight excluding hydrogens is 286 g/mol. The zero-order chi connectivity index (χ0) is 11.5. The Morgan fingerprint density at radius 3 is 2.69 bits per heavy atom. The average Bonchev–Trinajstić information content (AvgIpc) is 2.71. The molecule has 2 nitrogen and oxygen atoms in total. The number of hydrogen-bond acceptors (Lipinski definition) is 2. The molecule has 0 spiro atoms. The minimum absolute atomic E-state index is 0.213. The Morgan fingerprint density at radius 1 is 1.44 bits per heavy atom. The highest BCUT2D eigenvalue weighted by Gasteiger charge is 2.20. The van der Waals surface area contributed by atoms with Gasteiger partial charge in [0.15, 0.2) is 0 Å². The molecule has 4 heteroatoms. The molecule has 1 aromatic heterocycles. The summed E-state index contributed by atoms with van der Waals surface area (Å²) in [6, 6.07) is 1.97. The second-order valence-electron chi connectivity index (χ2n) is 4.09. The van der Waals surface area contributed by atoms with E-state index in [4.69, 9.17) is 0 Å². The quantitative estimate of drug-likeness (QED) is 0.815. The Bertz CT molecular complexity index is 382.